The molecule has 0 bridgehead atoms. The normalized spacial score (nSPS) is 21.7. The summed E-state index contributed by atoms with van der Waals surface area (Å²) >= 11 is 1.43. The number of imide groups is 1. The number of nitrogens with zero attached hydrogens (tertiary/aromatic N) is 1. The summed E-state index contributed by atoms with van der Waals surface area (Å²) in [6.45, 7) is 5.59. The fourth-order valence-electron chi connectivity index (χ4n) is 2.15. The average Bonchev–Trinajstić information content (AvgIpc) is 2.66. The van der Waals surface area contributed by atoms with Gasteiger partial charge in [-0.2, -0.15) is 0 Å². The highest BCUT2D eigenvalue weighted by atomic mass is 32.1. The highest BCUT2D eigenvalue weighted by molar-refractivity contribution is 7.15. The molecule has 1 saturated heterocycles. The standard InChI is InChI=1S/C13H18N4O3S/c1-6-8(3)21-13(15-6)16-10(18)5-4-9-7(2)14-12(20)17-11(9)19/h7,9H,4-5H2,1-3H3,(H,15,16,18)(H2,14,17,19,20). The van der Waals surface area contributed by atoms with E-state index in [4.69, 9.17) is 0 Å². The molecule has 4 amide bonds. The van der Waals surface area contributed by atoms with Crippen LogP contribution in [0.15, 0.2) is 0 Å². The summed E-state index contributed by atoms with van der Waals surface area (Å²) in [5.74, 6) is -0.908. The first-order valence-corrected chi connectivity index (χ1v) is 7.53. The molecule has 1 aromatic rings. The summed E-state index contributed by atoms with van der Waals surface area (Å²) in [7, 11) is 0. The Labute approximate surface area is 126 Å². The van der Waals surface area contributed by atoms with Crippen LogP contribution in [0.4, 0.5) is 9.93 Å². The number of rotatable bonds is 4. The fraction of sp³-hybridized carbons (Fsp3) is 0.538. The van der Waals surface area contributed by atoms with Gasteiger partial charge in [0.05, 0.1) is 11.6 Å². The zero-order valence-corrected chi connectivity index (χ0v) is 13.0. The lowest BCUT2D eigenvalue weighted by Crippen LogP contribution is -2.57. The summed E-state index contributed by atoms with van der Waals surface area (Å²) in [5.41, 5.74) is 0.901. The van der Waals surface area contributed by atoms with Crippen LogP contribution < -0.4 is 16.0 Å². The molecule has 0 spiro atoms. The number of aromatic nitrogens is 1. The minimum absolute atomic E-state index is 0.180. The maximum Gasteiger partial charge on any atom is 0.321 e. The van der Waals surface area contributed by atoms with Crippen molar-refractivity contribution in [3.63, 3.8) is 0 Å². The molecule has 8 heteroatoms. The molecule has 1 aliphatic heterocycles. The zero-order chi connectivity index (χ0) is 15.6. The summed E-state index contributed by atoms with van der Waals surface area (Å²) in [6, 6.07) is -0.759. The van der Waals surface area contributed by atoms with E-state index in [9.17, 15) is 14.4 Å². The van der Waals surface area contributed by atoms with E-state index < -0.39 is 11.9 Å². The zero-order valence-electron chi connectivity index (χ0n) is 12.1. The molecule has 21 heavy (non-hydrogen) atoms. The van der Waals surface area contributed by atoms with Crippen molar-refractivity contribution in [2.45, 2.75) is 39.7 Å². The van der Waals surface area contributed by atoms with Crippen molar-refractivity contribution in [1.82, 2.24) is 15.6 Å². The van der Waals surface area contributed by atoms with Crippen LogP contribution in [0.25, 0.3) is 0 Å². The van der Waals surface area contributed by atoms with Crippen molar-refractivity contribution in [3.05, 3.63) is 10.6 Å². The van der Waals surface area contributed by atoms with E-state index in [0.29, 0.717) is 11.6 Å². The predicted molar refractivity (Wildman–Crippen MR) is 79.1 cm³/mol. The van der Waals surface area contributed by atoms with Crippen molar-refractivity contribution in [2.75, 3.05) is 5.32 Å². The van der Waals surface area contributed by atoms with E-state index >= 15 is 0 Å². The molecule has 1 aromatic heterocycles. The lowest BCUT2D eigenvalue weighted by Gasteiger charge is -2.28. The Hall–Kier alpha value is -1.96. The molecule has 2 unspecified atom stereocenters. The molecule has 1 aliphatic rings. The molecule has 1 fully saturated rings. The molecule has 3 N–H and O–H groups in total. The minimum Gasteiger partial charge on any atom is -0.335 e. The van der Waals surface area contributed by atoms with Crippen LogP contribution in [-0.2, 0) is 9.59 Å². The van der Waals surface area contributed by atoms with Crippen molar-refractivity contribution in [2.24, 2.45) is 5.92 Å². The van der Waals surface area contributed by atoms with Crippen molar-refractivity contribution < 1.29 is 14.4 Å². The lowest BCUT2D eigenvalue weighted by molar-refractivity contribution is -0.126. The maximum absolute atomic E-state index is 11.9. The van der Waals surface area contributed by atoms with Crippen LogP contribution in [0.5, 0.6) is 0 Å². The highest BCUT2D eigenvalue weighted by Crippen LogP contribution is 2.22. The number of nitrogens with one attached hydrogen (secondary N) is 3. The first-order chi connectivity index (χ1) is 9.86. The Morgan fingerprint density at radius 2 is 2.10 bits per heavy atom. The van der Waals surface area contributed by atoms with Gasteiger partial charge in [-0.1, -0.05) is 0 Å². The number of aryl methyl sites for hydroxylation is 2. The smallest absolute Gasteiger partial charge is 0.321 e. The van der Waals surface area contributed by atoms with E-state index in [2.05, 4.69) is 20.9 Å². The number of thiazole rings is 1. The monoisotopic (exact) mass is 310 g/mol. The summed E-state index contributed by atoms with van der Waals surface area (Å²) in [4.78, 5) is 40.0. The van der Waals surface area contributed by atoms with Gasteiger partial charge in [-0.25, -0.2) is 9.78 Å². The second-order valence-electron chi connectivity index (χ2n) is 5.11. The van der Waals surface area contributed by atoms with Crippen molar-refractivity contribution in [1.29, 1.82) is 0 Å². The molecule has 2 heterocycles. The number of urea groups is 1. The SMILES string of the molecule is Cc1nc(NC(=O)CCC2C(=O)NC(=O)NC2C)sc1C. The molecule has 114 valence electrons. The van der Waals surface area contributed by atoms with Gasteiger partial charge in [-0.15, -0.1) is 11.3 Å². The first-order valence-electron chi connectivity index (χ1n) is 6.72. The molecule has 2 atom stereocenters. The molecule has 0 aliphatic carbocycles. The quantitative estimate of drug-likeness (QED) is 0.781. The largest absolute Gasteiger partial charge is 0.335 e. The lowest BCUT2D eigenvalue weighted by atomic mass is 9.93. The summed E-state index contributed by atoms with van der Waals surface area (Å²) < 4.78 is 0. The topological polar surface area (TPSA) is 100 Å². The van der Waals surface area contributed by atoms with Crippen LogP contribution in [-0.4, -0.2) is 28.9 Å². The second kappa shape index (κ2) is 6.21. The van der Waals surface area contributed by atoms with Crippen LogP contribution in [0, 0.1) is 19.8 Å². The minimum atomic E-state index is -0.484. The van der Waals surface area contributed by atoms with E-state index in [1.807, 2.05) is 13.8 Å². The molecular formula is C13H18N4O3S. The van der Waals surface area contributed by atoms with Gasteiger partial charge in [0.25, 0.3) is 0 Å². The van der Waals surface area contributed by atoms with Gasteiger partial charge in [0.15, 0.2) is 5.13 Å². The average molecular weight is 310 g/mol. The highest BCUT2D eigenvalue weighted by Gasteiger charge is 2.32. The van der Waals surface area contributed by atoms with Gasteiger partial charge < -0.3 is 10.6 Å². The second-order valence-corrected chi connectivity index (χ2v) is 6.31. The third-order valence-electron chi connectivity index (χ3n) is 3.49. The molecule has 0 aromatic carbocycles. The van der Waals surface area contributed by atoms with Gasteiger partial charge >= 0.3 is 6.03 Å². The van der Waals surface area contributed by atoms with E-state index in [1.165, 1.54) is 11.3 Å². The molecule has 0 radical (unpaired) electrons. The van der Waals surface area contributed by atoms with Crippen LogP contribution in [0.2, 0.25) is 0 Å². The number of hydrogen-bond donors (Lipinski definition) is 3. The van der Waals surface area contributed by atoms with Gasteiger partial charge in [-0.05, 0) is 27.2 Å². The maximum atomic E-state index is 11.9. The molecule has 0 saturated carbocycles. The number of hydrogen-bond acceptors (Lipinski definition) is 5. The Bertz CT molecular complexity index is 564. The number of amides is 4. The van der Waals surface area contributed by atoms with E-state index in [-0.39, 0.29) is 24.3 Å². The first kappa shape index (κ1) is 15.4. The van der Waals surface area contributed by atoms with Gasteiger partial charge in [0.1, 0.15) is 0 Å². The van der Waals surface area contributed by atoms with Gasteiger partial charge in [0.2, 0.25) is 11.8 Å². The third-order valence-corrected chi connectivity index (χ3v) is 4.48. The van der Waals surface area contributed by atoms with Gasteiger partial charge in [-0.3, -0.25) is 14.9 Å². The van der Waals surface area contributed by atoms with E-state index in [0.717, 1.165) is 10.6 Å². The predicted octanol–water partition coefficient (Wildman–Crippen LogP) is 1.32. The molecule has 2 rings (SSSR count). The molecule has 7 nitrogen and oxygen atoms in total. The third kappa shape index (κ3) is 3.78. The Balaban J connectivity index is 1.86. The van der Waals surface area contributed by atoms with Crippen LogP contribution >= 0.6 is 11.3 Å². The van der Waals surface area contributed by atoms with E-state index in [1.54, 1.807) is 6.92 Å². The van der Waals surface area contributed by atoms with Crippen molar-refractivity contribution in [3.8, 4) is 0 Å². The summed E-state index contributed by atoms with van der Waals surface area (Å²) in [5, 5.41) is 8.15. The van der Waals surface area contributed by atoms with Crippen LogP contribution in [0.3, 0.4) is 0 Å². The van der Waals surface area contributed by atoms with Crippen molar-refractivity contribution >= 4 is 34.3 Å². The Morgan fingerprint density at radius 3 is 2.67 bits per heavy atom. The van der Waals surface area contributed by atoms with Gasteiger partial charge in [0, 0.05) is 17.3 Å². The fourth-order valence-corrected chi connectivity index (χ4v) is 2.98. The van der Waals surface area contributed by atoms with Crippen LogP contribution in [0.1, 0.15) is 30.3 Å². The number of carbonyl (C=O) groups is 3. The summed E-state index contributed by atoms with van der Waals surface area (Å²) in [6.07, 6.45) is 0.582. The number of carbonyl (C=O) groups excluding carboxylic acids is 3. The number of anilines is 1. The Kier molecular flexibility index (Phi) is 4.56. The molecular weight excluding hydrogens is 292 g/mol. The Morgan fingerprint density at radius 1 is 1.38 bits per heavy atom.